The number of carbonyl (C=O) groups is 3. The van der Waals surface area contributed by atoms with Crippen LogP contribution in [0.3, 0.4) is 0 Å². The van der Waals surface area contributed by atoms with Gasteiger partial charge in [-0.25, -0.2) is 0 Å². The molecule has 310 valence electrons. The number of ether oxygens (including phenoxy) is 3. The first kappa shape index (κ1) is 51.3. The Morgan fingerprint density at radius 1 is 0.400 bits per heavy atom. The van der Waals surface area contributed by atoms with Gasteiger partial charge in [-0.05, 0) is 77.0 Å². The summed E-state index contributed by atoms with van der Waals surface area (Å²) in [6.07, 6.45) is 55.7. The molecule has 0 aromatic rings. The van der Waals surface area contributed by atoms with Crippen molar-refractivity contribution >= 4 is 17.9 Å². The first-order chi connectivity index (χ1) is 27.0. The Bertz CT molecular complexity index is 1150. The van der Waals surface area contributed by atoms with Crippen LogP contribution in [0.4, 0.5) is 0 Å². The number of carbonyl (C=O) groups excluding carboxylic acids is 3. The quantitative estimate of drug-likeness (QED) is 0.0271. The Hall–Kier alpha value is -3.67. The largest absolute Gasteiger partial charge is 0.462 e. The second kappa shape index (κ2) is 43.1. The lowest BCUT2D eigenvalue weighted by Gasteiger charge is -2.18. The van der Waals surface area contributed by atoms with Crippen LogP contribution in [0.15, 0.2) is 97.2 Å². The van der Waals surface area contributed by atoms with Gasteiger partial charge in [0, 0.05) is 12.8 Å². The molecule has 0 aliphatic heterocycles. The van der Waals surface area contributed by atoms with Gasteiger partial charge >= 0.3 is 17.9 Å². The standard InChI is InChI=1S/C49H78O6/c1-4-7-10-13-16-18-20-22-24-26-28-30-33-36-39-42-48(51)54-45-46(44-53-47(50)41-38-35-32-15-12-9-6-3)55-49(52)43-40-37-34-31-29-27-25-23-21-19-17-14-11-8-5-2/h7-8,10-11,16-19,22-25,28,30,36,39,46H,4-6,9,12-15,20-21,26-27,29,31-35,37-38,40-45H2,1-3H3/b10-7-,11-8-,18-16-,19-17-,24-22-,25-23-,30-28-,39-36-. The van der Waals surface area contributed by atoms with E-state index >= 15 is 0 Å². The van der Waals surface area contributed by atoms with Gasteiger partial charge in [-0.15, -0.1) is 0 Å². The average molecular weight is 763 g/mol. The van der Waals surface area contributed by atoms with Gasteiger partial charge in [0.1, 0.15) is 13.2 Å². The second-order valence-corrected chi connectivity index (χ2v) is 13.9. The molecule has 0 amide bonds. The minimum absolute atomic E-state index is 0.116. The maximum atomic E-state index is 12.7. The summed E-state index contributed by atoms with van der Waals surface area (Å²) in [6.45, 7) is 6.23. The Morgan fingerprint density at radius 3 is 1.27 bits per heavy atom. The van der Waals surface area contributed by atoms with E-state index in [0.29, 0.717) is 6.42 Å². The van der Waals surface area contributed by atoms with E-state index < -0.39 is 12.1 Å². The van der Waals surface area contributed by atoms with Crippen LogP contribution in [0, 0.1) is 0 Å². The normalized spacial score (nSPS) is 13.0. The highest BCUT2D eigenvalue weighted by Gasteiger charge is 2.19. The molecule has 55 heavy (non-hydrogen) atoms. The van der Waals surface area contributed by atoms with E-state index in [9.17, 15) is 14.4 Å². The van der Waals surface area contributed by atoms with Gasteiger partial charge < -0.3 is 14.2 Å². The summed E-state index contributed by atoms with van der Waals surface area (Å²) in [5.74, 6) is -1.09. The molecule has 0 bridgehead atoms. The van der Waals surface area contributed by atoms with Gasteiger partial charge in [-0.1, -0.05) is 176 Å². The number of rotatable bonds is 37. The summed E-state index contributed by atoms with van der Waals surface area (Å²) < 4.78 is 16.5. The maximum Gasteiger partial charge on any atom is 0.309 e. The van der Waals surface area contributed by atoms with Crippen LogP contribution in [0.1, 0.15) is 175 Å². The average Bonchev–Trinajstić information content (AvgIpc) is 3.18. The van der Waals surface area contributed by atoms with Crippen LogP contribution in [0.2, 0.25) is 0 Å². The molecule has 0 saturated carbocycles. The molecule has 0 fully saturated rings. The monoisotopic (exact) mass is 763 g/mol. The zero-order valence-corrected chi connectivity index (χ0v) is 35.1. The first-order valence-electron chi connectivity index (χ1n) is 21.7. The van der Waals surface area contributed by atoms with Crippen molar-refractivity contribution in [1.82, 2.24) is 0 Å². The summed E-state index contributed by atoms with van der Waals surface area (Å²) in [6, 6.07) is 0. The van der Waals surface area contributed by atoms with Crippen molar-refractivity contribution in [3.8, 4) is 0 Å². The van der Waals surface area contributed by atoms with Crippen molar-refractivity contribution in [3.63, 3.8) is 0 Å². The molecule has 0 N–H and O–H groups in total. The number of hydrogen-bond donors (Lipinski definition) is 0. The van der Waals surface area contributed by atoms with Gasteiger partial charge in [0.15, 0.2) is 6.10 Å². The second-order valence-electron chi connectivity index (χ2n) is 13.9. The van der Waals surface area contributed by atoms with E-state index in [-0.39, 0.29) is 38.0 Å². The molecule has 0 saturated heterocycles. The lowest BCUT2D eigenvalue weighted by Crippen LogP contribution is -2.30. The topological polar surface area (TPSA) is 78.9 Å². The van der Waals surface area contributed by atoms with Gasteiger partial charge in [0.25, 0.3) is 0 Å². The molecular weight excluding hydrogens is 685 g/mol. The summed E-state index contributed by atoms with van der Waals surface area (Å²) in [5.41, 5.74) is 0. The third kappa shape index (κ3) is 41.3. The van der Waals surface area contributed by atoms with Crippen LogP contribution in [0.25, 0.3) is 0 Å². The van der Waals surface area contributed by atoms with E-state index in [1.807, 2.05) is 6.08 Å². The lowest BCUT2D eigenvalue weighted by molar-refractivity contribution is -0.166. The smallest absolute Gasteiger partial charge is 0.309 e. The Labute approximate surface area is 337 Å². The number of hydrogen-bond acceptors (Lipinski definition) is 6. The van der Waals surface area contributed by atoms with Crippen LogP contribution >= 0.6 is 0 Å². The molecule has 0 radical (unpaired) electrons. The van der Waals surface area contributed by atoms with E-state index in [4.69, 9.17) is 14.2 Å². The highest BCUT2D eigenvalue weighted by atomic mass is 16.6. The molecule has 0 spiro atoms. The highest BCUT2D eigenvalue weighted by Crippen LogP contribution is 2.12. The highest BCUT2D eigenvalue weighted by molar-refractivity contribution is 5.72. The molecule has 1 unspecified atom stereocenters. The minimum Gasteiger partial charge on any atom is -0.462 e. The molecule has 6 heteroatoms. The van der Waals surface area contributed by atoms with Crippen molar-refractivity contribution < 1.29 is 28.6 Å². The van der Waals surface area contributed by atoms with Crippen LogP contribution < -0.4 is 0 Å². The zero-order valence-electron chi connectivity index (χ0n) is 35.1. The summed E-state index contributed by atoms with van der Waals surface area (Å²) >= 11 is 0. The Kier molecular flexibility index (Phi) is 40.2. The molecule has 1 atom stereocenters. The molecule has 0 aliphatic carbocycles. The van der Waals surface area contributed by atoms with Gasteiger partial charge in [0.05, 0.1) is 6.42 Å². The van der Waals surface area contributed by atoms with Crippen molar-refractivity contribution in [3.05, 3.63) is 97.2 Å². The number of esters is 3. The van der Waals surface area contributed by atoms with E-state index in [1.54, 1.807) is 6.08 Å². The Morgan fingerprint density at radius 2 is 0.782 bits per heavy atom. The molecule has 0 aliphatic rings. The Balaban J connectivity index is 4.51. The molecule has 0 aromatic heterocycles. The third-order valence-corrected chi connectivity index (χ3v) is 8.62. The van der Waals surface area contributed by atoms with E-state index in [0.717, 1.165) is 109 Å². The predicted octanol–water partition coefficient (Wildman–Crippen LogP) is 13.9. The molecule has 0 aromatic carbocycles. The molecule has 0 heterocycles. The zero-order chi connectivity index (χ0) is 40.1. The van der Waals surface area contributed by atoms with E-state index in [1.165, 1.54) is 25.7 Å². The van der Waals surface area contributed by atoms with Crippen molar-refractivity contribution in [2.45, 2.75) is 181 Å². The van der Waals surface area contributed by atoms with Crippen LogP contribution in [-0.2, 0) is 28.6 Å². The summed E-state index contributed by atoms with van der Waals surface area (Å²) in [7, 11) is 0. The predicted molar refractivity (Wildman–Crippen MR) is 233 cm³/mol. The van der Waals surface area contributed by atoms with E-state index in [2.05, 4.69) is 106 Å². The fourth-order valence-electron chi connectivity index (χ4n) is 5.41. The van der Waals surface area contributed by atoms with Crippen molar-refractivity contribution in [2.24, 2.45) is 0 Å². The lowest BCUT2D eigenvalue weighted by atomic mass is 10.1. The van der Waals surface area contributed by atoms with Crippen molar-refractivity contribution in [2.75, 3.05) is 13.2 Å². The SMILES string of the molecule is CC/C=C\C/C=C\C/C=C\C/C=C\C/C=C\CC(=O)OCC(COC(=O)CCCCCCCCC)OC(=O)CCCCCCC/C=C\C/C=C\C/C=C\CC. The van der Waals surface area contributed by atoms with Gasteiger partial charge in [-0.3, -0.25) is 14.4 Å². The van der Waals surface area contributed by atoms with Crippen LogP contribution in [0.5, 0.6) is 0 Å². The minimum atomic E-state index is -0.822. The summed E-state index contributed by atoms with van der Waals surface area (Å²) in [5, 5.41) is 0. The van der Waals surface area contributed by atoms with Gasteiger partial charge in [-0.2, -0.15) is 0 Å². The first-order valence-corrected chi connectivity index (χ1v) is 21.7. The fraction of sp³-hybridized carbons (Fsp3) is 0.612. The molecule has 6 nitrogen and oxygen atoms in total. The third-order valence-electron chi connectivity index (χ3n) is 8.62. The molecular formula is C49H78O6. The fourth-order valence-corrected chi connectivity index (χ4v) is 5.41. The van der Waals surface area contributed by atoms with Gasteiger partial charge in [0.2, 0.25) is 0 Å². The maximum absolute atomic E-state index is 12.7. The van der Waals surface area contributed by atoms with Crippen molar-refractivity contribution in [1.29, 1.82) is 0 Å². The number of unbranched alkanes of at least 4 members (excludes halogenated alkanes) is 11. The summed E-state index contributed by atoms with van der Waals surface area (Å²) in [4.78, 5) is 37.5. The van der Waals surface area contributed by atoms with Crippen LogP contribution in [-0.4, -0.2) is 37.2 Å². The number of allylic oxidation sites excluding steroid dienone is 15. The molecule has 0 rings (SSSR count).